The van der Waals surface area contributed by atoms with Crippen molar-refractivity contribution in [1.82, 2.24) is 5.32 Å². The van der Waals surface area contributed by atoms with E-state index in [4.69, 9.17) is 9.47 Å². The van der Waals surface area contributed by atoms with Gasteiger partial charge in [0.15, 0.2) is 11.6 Å². The molecule has 0 unspecified atom stereocenters. The summed E-state index contributed by atoms with van der Waals surface area (Å²) < 4.78 is 53.8. The van der Waals surface area contributed by atoms with Crippen LogP contribution in [0.15, 0.2) is 36.4 Å². The molecule has 1 N–H and O–H groups in total. The SMILES string of the molecule is Cl.Fc1cccc(Oc2cc(F)cc(N3CCC4(CC3)CNCCO4)c2F)c1. The minimum Gasteiger partial charge on any atom is -0.454 e. The summed E-state index contributed by atoms with van der Waals surface area (Å²) >= 11 is 0. The van der Waals surface area contributed by atoms with Gasteiger partial charge in [0.1, 0.15) is 17.4 Å². The van der Waals surface area contributed by atoms with E-state index in [1.54, 1.807) is 4.90 Å². The van der Waals surface area contributed by atoms with E-state index in [9.17, 15) is 13.2 Å². The number of nitrogens with one attached hydrogen (secondary N) is 1. The first-order chi connectivity index (χ1) is 13.0. The number of anilines is 1. The van der Waals surface area contributed by atoms with Crippen molar-refractivity contribution in [3.05, 3.63) is 53.8 Å². The van der Waals surface area contributed by atoms with E-state index >= 15 is 0 Å². The third-order valence-corrected chi connectivity index (χ3v) is 5.16. The third kappa shape index (κ3) is 4.37. The summed E-state index contributed by atoms with van der Waals surface area (Å²) in [7, 11) is 0. The van der Waals surface area contributed by atoms with Gasteiger partial charge in [-0.3, -0.25) is 0 Å². The molecule has 2 aliphatic rings. The van der Waals surface area contributed by atoms with Crippen LogP contribution in [0, 0.1) is 17.5 Å². The Morgan fingerprint density at radius 1 is 1.04 bits per heavy atom. The molecule has 2 aromatic carbocycles. The number of morpholine rings is 1. The molecule has 4 rings (SSSR count). The molecular formula is C20H22ClF3N2O2. The van der Waals surface area contributed by atoms with E-state index in [1.165, 1.54) is 24.3 Å². The minimum atomic E-state index is -0.653. The van der Waals surface area contributed by atoms with E-state index < -0.39 is 17.5 Å². The van der Waals surface area contributed by atoms with Crippen molar-refractivity contribution in [2.45, 2.75) is 18.4 Å². The number of ether oxygens (including phenoxy) is 2. The molecule has 152 valence electrons. The van der Waals surface area contributed by atoms with Crippen LogP contribution in [0.25, 0.3) is 0 Å². The van der Waals surface area contributed by atoms with Crippen molar-refractivity contribution in [2.75, 3.05) is 37.7 Å². The topological polar surface area (TPSA) is 33.7 Å². The molecule has 0 bridgehead atoms. The highest BCUT2D eigenvalue weighted by Gasteiger charge is 2.37. The van der Waals surface area contributed by atoms with Crippen molar-refractivity contribution in [2.24, 2.45) is 0 Å². The molecule has 0 radical (unpaired) electrons. The first kappa shape index (κ1) is 20.8. The number of hydrogen-bond acceptors (Lipinski definition) is 4. The lowest BCUT2D eigenvalue weighted by atomic mass is 9.89. The van der Waals surface area contributed by atoms with Gasteiger partial charge in [-0.15, -0.1) is 12.4 Å². The fourth-order valence-corrected chi connectivity index (χ4v) is 3.70. The lowest BCUT2D eigenvalue weighted by molar-refractivity contribution is -0.0800. The van der Waals surface area contributed by atoms with E-state index in [2.05, 4.69) is 5.32 Å². The van der Waals surface area contributed by atoms with Crippen LogP contribution in [-0.4, -0.2) is 38.4 Å². The highest BCUT2D eigenvalue weighted by atomic mass is 35.5. The van der Waals surface area contributed by atoms with Gasteiger partial charge in [0.05, 0.1) is 17.9 Å². The molecule has 2 fully saturated rings. The van der Waals surface area contributed by atoms with Crippen LogP contribution in [0.4, 0.5) is 18.9 Å². The standard InChI is InChI=1S/C20H21F3N2O2.ClH/c21-14-2-1-3-16(10-14)27-18-12-15(22)11-17(19(18)23)25-7-4-20(5-8-25)13-24-6-9-26-20;/h1-3,10-12,24H,4-9,13H2;1H. The molecule has 2 aromatic rings. The highest BCUT2D eigenvalue weighted by Crippen LogP contribution is 2.36. The minimum absolute atomic E-state index is 0. The normalized spacial score (nSPS) is 18.6. The van der Waals surface area contributed by atoms with Crippen LogP contribution in [0.5, 0.6) is 11.5 Å². The molecular weight excluding hydrogens is 393 g/mol. The van der Waals surface area contributed by atoms with Crippen LogP contribution in [0.1, 0.15) is 12.8 Å². The summed E-state index contributed by atoms with van der Waals surface area (Å²) in [6, 6.07) is 7.47. The Morgan fingerprint density at radius 3 is 2.50 bits per heavy atom. The number of benzene rings is 2. The predicted octanol–water partition coefficient (Wildman–Crippen LogP) is 4.28. The molecule has 0 atom stereocenters. The van der Waals surface area contributed by atoms with Crippen LogP contribution in [-0.2, 0) is 4.74 Å². The van der Waals surface area contributed by atoms with Crippen molar-refractivity contribution in [3.63, 3.8) is 0 Å². The van der Waals surface area contributed by atoms with Crippen LogP contribution in [0.2, 0.25) is 0 Å². The van der Waals surface area contributed by atoms with Gasteiger partial charge >= 0.3 is 0 Å². The summed E-state index contributed by atoms with van der Waals surface area (Å²) in [4.78, 5) is 1.81. The molecule has 2 heterocycles. The Labute approximate surface area is 168 Å². The second kappa shape index (κ2) is 8.59. The monoisotopic (exact) mass is 414 g/mol. The molecule has 0 amide bonds. The highest BCUT2D eigenvalue weighted by molar-refractivity contribution is 5.85. The van der Waals surface area contributed by atoms with Gasteiger partial charge in [-0.1, -0.05) is 6.07 Å². The van der Waals surface area contributed by atoms with Gasteiger partial charge < -0.3 is 19.7 Å². The lowest BCUT2D eigenvalue weighted by Gasteiger charge is -2.44. The number of rotatable bonds is 3. The maximum absolute atomic E-state index is 15.0. The van der Waals surface area contributed by atoms with Crippen molar-refractivity contribution in [3.8, 4) is 11.5 Å². The zero-order valence-electron chi connectivity index (χ0n) is 15.2. The summed E-state index contributed by atoms with van der Waals surface area (Å²) in [5.41, 5.74) is -0.0700. The molecule has 0 aromatic heterocycles. The Balaban J connectivity index is 0.00000225. The molecule has 1 spiro atoms. The summed E-state index contributed by atoms with van der Waals surface area (Å²) in [6.07, 6.45) is 1.46. The second-order valence-electron chi connectivity index (χ2n) is 6.99. The lowest BCUT2D eigenvalue weighted by Crippen LogP contribution is -2.55. The van der Waals surface area contributed by atoms with Crippen molar-refractivity contribution >= 4 is 18.1 Å². The maximum atomic E-state index is 15.0. The zero-order valence-corrected chi connectivity index (χ0v) is 16.0. The number of nitrogens with zero attached hydrogens (tertiary/aromatic N) is 1. The number of hydrogen-bond donors (Lipinski definition) is 1. The third-order valence-electron chi connectivity index (χ3n) is 5.16. The van der Waals surface area contributed by atoms with Crippen LogP contribution >= 0.6 is 12.4 Å². The van der Waals surface area contributed by atoms with Crippen LogP contribution < -0.4 is 15.0 Å². The van der Waals surface area contributed by atoms with Crippen molar-refractivity contribution in [1.29, 1.82) is 0 Å². The van der Waals surface area contributed by atoms with Gasteiger partial charge in [-0.2, -0.15) is 0 Å². The van der Waals surface area contributed by atoms with Crippen molar-refractivity contribution < 1.29 is 22.6 Å². The Morgan fingerprint density at radius 2 is 1.82 bits per heavy atom. The second-order valence-corrected chi connectivity index (χ2v) is 6.99. The first-order valence-corrected chi connectivity index (χ1v) is 9.07. The van der Waals surface area contributed by atoms with Gasteiger partial charge in [0.25, 0.3) is 0 Å². The Hall–Kier alpha value is -1.96. The Bertz CT molecular complexity index is 821. The summed E-state index contributed by atoms with van der Waals surface area (Å²) in [5, 5.41) is 3.33. The molecule has 2 saturated heterocycles. The summed E-state index contributed by atoms with van der Waals surface area (Å²) in [6.45, 7) is 3.40. The van der Waals surface area contributed by atoms with E-state index in [0.717, 1.165) is 38.1 Å². The average molecular weight is 415 g/mol. The average Bonchev–Trinajstić information content (AvgIpc) is 2.66. The fourth-order valence-electron chi connectivity index (χ4n) is 3.70. The summed E-state index contributed by atoms with van der Waals surface area (Å²) in [5.74, 6) is -1.91. The molecule has 8 heteroatoms. The maximum Gasteiger partial charge on any atom is 0.189 e. The number of halogens is 4. The first-order valence-electron chi connectivity index (χ1n) is 9.07. The zero-order chi connectivity index (χ0) is 18.9. The fraction of sp³-hybridized carbons (Fsp3) is 0.400. The molecule has 28 heavy (non-hydrogen) atoms. The van der Waals surface area contributed by atoms with Gasteiger partial charge in [-0.05, 0) is 25.0 Å². The number of piperidine rings is 1. The van der Waals surface area contributed by atoms with E-state index in [1.807, 2.05) is 0 Å². The van der Waals surface area contributed by atoms with E-state index in [-0.39, 0.29) is 35.2 Å². The molecule has 4 nitrogen and oxygen atoms in total. The van der Waals surface area contributed by atoms with Crippen LogP contribution in [0.3, 0.4) is 0 Å². The quantitative estimate of drug-likeness (QED) is 0.813. The molecule has 0 aliphatic carbocycles. The predicted molar refractivity (Wildman–Crippen MR) is 103 cm³/mol. The smallest absolute Gasteiger partial charge is 0.189 e. The van der Waals surface area contributed by atoms with Gasteiger partial charge in [0.2, 0.25) is 0 Å². The van der Waals surface area contributed by atoms with Gasteiger partial charge in [-0.25, -0.2) is 13.2 Å². The van der Waals surface area contributed by atoms with E-state index in [0.29, 0.717) is 19.7 Å². The van der Waals surface area contributed by atoms with Gasteiger partial charge in [0, 0.05) is 44.4 Å². The molecule has 0 saturated carbocycles. The molecule has 2 aliphatic heterocycles. The Kier molecular flexibility index (Phi) is 6.37. The largest absolute Gasteiger partial charge is 0.454 e.